The molecule has 1 aliphatic heterocycles. The second-order valence-corrected chi connectivity index (χ2v) is 20.8. The summed E-state index contributed by atoms with van der Waals surface area (Å²) in [6, 6.07) is 4.08. The Kier molecular flexibility index (Phi) is 10.3. The van der Waals surface area contributed by atoms with Crippen LogP contribution in [0.1, 0.15) is 68.1 Å². The molecule has 0 radical (unpaired) electrons. The number of aromatic nitrogens is 3. The third kappa shape index (κ3) is 8.70. The molecule has 0 spiro atoms. The number of piperidine rings is 1. The fourth-order valence-electron chi connectivity index (χ4n) is 5.71. The third-order valence-electron chi connectivity index (χ3n) is 8.71. The van der Waals surface area contributed by atoms with Gasteiger partial charge in [-0.15, -0.1) is 0 Å². The Morgan fingerprint density at radius 1 is 1.06 bits per heavy atom. The Hall–Kier alpha value is -3.51. The number of benzene rings is 1. The van der Waals surface area contributed by atoms with Crippen LogP contribution in [0.15, 0.2) is 18.5 Å². The van der Waals surface area contributed by atoms with E-state index in [0.717, 1.165) is 18.9 Å². The first-order valence-corrected chi connectivity index (χ1v) is 20.5. The molecule has 2 aliphatic rings. The number of likely N-dealkylation sites (tertiary alicyclic amines) is 1. The second-order valence-electron chi connectivity index (χ2n) is 15.2. The van der Waals surface area contributed by atoms with Crippen molar-refractivity contribution in [1.29, 1.82) is 0 Å². The van der Waals surface area contributed by atoms with E-state index in [1.54, 1.807) is 17.9 Å². The first kappa shape index (κ1) is 34.8. The molecule has 1 saturated carbocycles. The summed E-state index contributed by atoms with van der Waals surface area (Å²) in [5.41, 5.74) is 3.42. The van der Waals surface area contributed by atoms with Crippen LogP contribution in [0.2, 0.25) is 25.7 Å². The second kappa shape index (κ2) is 13.9. The molecule has 2 aromatic heterocycles. The topological polar surface area (TPSA) is 108 Å². The number of carbonyl (C=O) groups is 2. The smallest absolute Gasteiger partial charge is 0.410 e. The van der Waals surface area contributed by atoms with Crippen LogP contribution in [0, 0.1) is 25.6 Å². The molecule has 0 atom stereocenters. The SMILES string of the molecule is Cc1cc(-c2ncnc3c(C(=O)NC4CCN(C(=O)OC(C)(C)C)CC4)c(C)n(COCC[Si](C)(C)C)c23)c(OCC2CC2)cc1F. The highest BCUT2D eigenvalue weighted by Gasteiger charge is 2.31. The highest BCUT2D eigenvalue weighted by Crippen LogP contribution is 2.39. The number of halogens is 1. The van der Waals surface area contributed by atoms with E-state index < -0.39 is 13.7 Å². The first-order valence-electron chi connectivity index (χ1n) is 16.7. The van der Waals surface area contributed by atoms with Gasteiger partial charge in [-0.1, -0.05) is 19.6 Å². The van der Waals surface area contributed by atoms with Gasteiger partial charge in [-0.05, 0) is 83.9 Å². The predicted octanol–water partition coefficient (Wildman–Crippen LogP) is 7.08. The maximum absolute atomic E-state index is 14.8. The summed E-state index contributed by atoms with van der Waals surface area (Å²) >= 11 is 0. The zero-order valence-corrected chi connectivity index (χ0v) is 30.2. The lowest BCUT2D eigenvalue weighted by molar-refractivity contribution is 0.0199. The molecular weight excluding hydrogens is 617 g/mol. The summed E-state index contributed by atoms with van der Waals surface area (Å²) in [6.45, 7) is 18.4. The van der Waals surface area contributed by atoms with Crippen molar-refractivity contribution in [3.63, 3.8) is 0 Å². The number of carbonyl (C=O) groups excluding carboxylic acids is 2. The Balaban J connectivity index is 1.47. The van der Waals surface area contributed by atoms with Crippen LogP contribution in [-0.4, -0.2) is 77.5 Å². The number of amides is 2. The standard InChI is InChI=1S/C35H50FN5O5Si/c1-22-17-26(28(18-27(22)36)45-19-24-9-10-24)30-32-31(38-20-37-30)29(23(2)41(32)21-44-15-16-47(6,7)8)33(42)39-25-11-13-40(14-12-25)34(43)46-35(3,4)5/h17-18,20,24-25H,9-16,19,21H2,1-8H3,(H,39,42). The first-order chi connectivity index (χ1) is 22.1. The summed E-state index contributed by atoms with van der Waals surface area (Å²) in [6.07, 6.45) is 4.55. The summed E-state index contributed by atoms with van der Waals surface area (Å²) in [4.78, 5) is 37.6. The highest BCUT2D eigenvalue weighted by molar-refractivity contribution is 6.76. The van der Waals surface area contributed by atoms with Gasteiger partial charge in [0.05, 0.1) is 17.7 Å². The van der Waals surface area contributed by atoms with Gasteiger partial charge >= 0.3 is 6.09 Å². The van der Waals surface area contributed by atoms with Crippen LogP contribution in [0.3, 0.4) is 0 Å². The molecule has 1 N–H and O–H groups in total. The minimum Gasteiger partial charge on any atom is -0.492 e. The van der Waals surface area contributed by atoms with Gasteiger partial charge < -0.3 is 29.0 Å². The molecule has 3 heterocycles. The number of nitrogens with zero attached hydrogens (tertiary/aromatic N) is 4. The Labute approximate surface area is 278 Å². The zero-order chi connectivity index (χ0) is 34.1. The van der Waals surface area contributed by atoms with E-state index in [1.807, 2.05) is 32.3 Å². The molecule has 5 rings (SSSR count). The van der Waals surface area contributed by atoms with Crippen LogP contribution in [0.4, 0.5) is 9.18 Å². The number of nitrogens with one attached hydrogen (secondary N) is 1. The van der Waals surface area contributed by atoms with Crippen LogP contribution < -0.4 is 10.1 Å². The van der Waals surface area contributed by atoms with Gasteiger partial charge in [-0.2, -0.15) is 0 Å². The molecular formula is C35H50FN5O5Si. The van der Waals surface area contributed by atoms with Crippen LogP contribution in [-0.2, 0) is 16.2 Å². The quantitative estimate of drug-likeness (QED) is 0.172. The molecule has 3 aromatic rings. The van der Waals surface area contributed by atoms with Crippen LogP contribution >= 0.6 is 0 Å². The molecule has 10 nitrogen and oxygen atoms in total. The number of rotatable bonds is 11. The number of fused-ring (bicyclic) bond motifs is 1. The van der Waals surface area contributed by atoms with E-state index in [1.165, 1.54) is 12.4 Å². The molecule has 1 saturated heterocycles. The monoisotopic (exact) mass is 667 g/mol. The fourth-order valence-corrected chi connectivity index (χ4v) is 6.46. The Bertz CT molecular complexity index is 1620. The number of aryl methyl sites for hydroxylation is 1. The normalized spacial score (nSPS) is 16.1. The number of hydrogen-bond acceptors (Lipinski definition) is 7. The van der Waals surface area contributed by atoms with Gasteiger partial charge in [0, 0.05) is 51.1 Å². The van der Waals surface area contributed by atoms with Gasteiger partial charge in [-0.3, -0.25) is 4.79 Å². The zero-order valence-electron chi connectivity index (χ0n) is 29.2. The largest absolute Gasteiger partial charge is 0.492 e. The molecule has 2 fully saturated rings. The van der Waals surface area contributed by atoms with Gasteiger partial charge in [0.2, 0.25) is 0 Å². The average Bonchev–Trinajstić information content (AvgIpc) is 3.77. The van der Waals surface area contributed by atoms with Crippen molar-refractivity contribution in [1.82, 2.24) is 24.8 Å². The number of ether oxygens (including phenoxy) is 3. The van der Waals surface area contributed by atoms with E-state index in [-0.39, 0.29) is 30.6 Å². The Morgan fingerprint density at radius 3 is 2.40 bits per heavy atom. The highest BCUT2D eigenvalue weighted by atomic mass is 28.3. The molecule has 256 valence electrons. The molecule has 1 aliphatic carbocycles. The summed E-state index contributed by atoms with van der Waals surface area (Å²) in [5, 5.41) is 3.20. The lowest BCUT2D eigenvalue weighted by Gasteiger charge is -2.33. The average molecular weight is 668 g/mol. The number of hydrogen-bond donors (Lipinski definition) is 1. The molecule has 12 heteroatoms. The van der Waals surface area contributed by atoms with Crippen molar-refractivity contribution in [2.45, 2.75) is 104 Å². The summed E-state index contributed by atoms with van der Waals surface area (Å²) in [5.74, 6) is 0.320. The van der Waals surface area contributed by atoms with Gasteiger partial charge in [-0.25, -0.2) is 19.2 Å². The van der Waals surface area contributed by atoms with E-state index in [0.29, 0.717) is 89.9 Å². The maximum Gasteiger partial charge on any atom is 0.410 e. The minimum absolute atomic E-state index is 0.115. The molecule has 47 heavy (non-hydrogen) atoms. The summed E-state index contributed by atoms with van der Waals surface area (Å²) in [7, 11) is -1.33. The van der Waals surface area contributed by atoms with Gasteiger partial charge in [0.1, 0.15) is 41.4 Å². The van der Waals surface area contributed by atoms with Crippen molar-refractivity contribution in [3.8, 4) is 17.0 Å². The lowest BCUT2D eigenvalue weighted by atomic mass is 10.0. The third-order valence-corrected chi connectivity index (χ3v) is 10.4. The van der Waals surface area contributed by atoms with Gasteiger partial charge in [0.15, 0.2) is 0 Å². The molecule has 0 bridgehead atoms. The predicted molar refractivity (Wildman–Crippen MR) is 183 cm³/mol. The summed E-state index contributed by atoms with van der Waals surface area (Å²) < 4.78 is 34.7. The minimum atomic E-state index is -1.33. The van der Waals surface area contributed by atoms with Crippen molar-refractivity contribution in [2.24, 2.45) is 5.92 Å². The molecule has 2 amide bonds. The van der Waals surface area contributed by atoms with Crippen LogP contribution in [0.25, 0.3) is 22.3 Å². The molecule has 0 unspecified atom stereocenters. The van der Waals surface area contributed by atoms with Crippen molar-refractivity contribution < 1.29 is 28.2 Å². The van der Waals surface area contributed by atoms with Crippen molar-refractivity contribution >= 4 is 31.1 Å². The van der Waals surface area contributed by atoms with Crippen molar-refractivity contribution in [2.75, 3.05) is 26.3 Å². The maximum atomic E-state index is 14.8. The van der Waals surface area contributed by atoms with Crippen molar-refractivity contribution in [3.05, 3.63) is 41.1 Å². The fraction of sp³-hybridized carbons (Fsp3) is 0.600. The lowest BCUT2D eigenvalue weighted by Crippen LogP contribution is -2.47. The molecule has 1 aromatic carbocycles. The van der Waals surface area contributed by atoms with E-state index >= 15 is 0 Å². The van der Waals surface area contributed by atoms with E-state index in [4.69, 9.17) is 19.2 Å². The van der Waals surface area contributed by atoms with Crippen LogP contribution in [0.5, 0.6) is 5.75 Å². The van der Waals surface area contributed by atoms with Gasteiger partial charge in [0.25, 0.3) is 5.91 Å². The van der Waals surface area contributed by atoms with E-state index in [2.05, 4.69) is 29.9 Å². The Morgan fingerprint density at radius 2 is 1.77 bits per heavy atom. The van der Waals surface area contributed by atoms with E-state index in [9.17, 15) is 14.0 Å².